The van der Waals surface area contributed by atoms with E-state index in [1.54, 1.807) is 0 Å². The van der Waals surface area contributed by atoms with Crippen molar-refractivity contribution in [3.63, 3.8) is 0 Å². The molecule has 0 aromatic carbocycles. The number of rotatable bonds is 15. The summed E-state index contributed by atoms with van der Waals surface area (Å²) in [5, 5.41) is 12.3. The van der Waals surface area contributed by atoms with Crippen molar-refractivity contribution in [2.24, 2.45) is 0 Å². The molecule has 4 nitrogen and oxygen atoms in total. The van der Waals surface area contributed by atoms with Crippen molar-refractivity contribution in [3.8, 4) is 0 Å². The second kappa shape index (κ2) is 13.8. The van der Waals surface area contributed by atoms with Gasteiger partial charge >= 0.3 is 5.97 Å². The summed E-state index contributed by atoms with van der Waals surface area (Å²) in [7, 11) is 0. The van der Waals surface area contributed by atoms with E-state index in [1.165, 1.54) is 57.8 Å². The van der Waals surface area contributed by atoms with E-state index in [4.69, 9.17) is 4.74 Å². The molecule has 0 rings (SSSR count). The van der Waals surface area contributed by atoms with Gasteiger partial charge in [-0.05, 0) is 33.7 Å². The van der Waals surface area contributed by atoms with Crippen LogP contribution in [0.5, 0.6) is 0 Å². The van der Waals surface area contributed by atoms with Gasteiger partial charge in [-0.15, -0.1) is 0 Å². The van der Waals surface area contributed by atoms with Crippen LogP contribution < -0.4 is 5.32 Å². The predicted octanol–water partition coefficient (Wildman–Crippen LogP) is 4.77. The molecule has 4 heteroatoms. The highest BCUT2D eigenvalue weighted by Crippen LogP contribution is 2.10. The number of carbonyl (C=O) groups is 1. The predicted molar refractivity (Wildman–Crippen MR) is 97.0 cm³/mol. The minimum Gasteiger partial charge on any atom is -0.480 e. The Balaban J connectivity index is 3.51. The van der Waals surface area contributed by atoms with Gasteiger partial charge in [0.25, 0.3) is 0 Å². The average molecular weight is 330 g/mol. The first-order valence-corrected chi connectivity index (χ1v) is 9.47. The van der Waals surface area contributed by atoms with E-state index in [-0.39, 0.29) is 12.2 Å². The van der Waals surface area contributed by atoms with Crippen LogP contribution in [0.4, 0.5) is 0 Å². The van der Waals surface area contributed by atoms with Crippen molar-refractivity contribution in [2.75, 3.05) is 13.2 Å². The summed E-state index contributed by atoms with van der Waals surface area (Å²) in [5.74, 6) is -0.832. The molecule has 0 saturated heterocycles. The highest BCUT2D eigenvalue weighted by Gasteiger charge is 2.20. The van der Waals surface area contributed by atoms with Crippen molar-refractivity contribution in [3.05, 3.63) is 0 Å². The molecular weight excluding hydrogens is 290 g/mol. The molecule has 0 heterocycles. The van der Waals surface area contributed by atoms with Crippen LogP contribution in [0.25, 0.3) is 0 Å². The van der Waals surface area contributed by atoms with Gasteiger partial charge in [-0.25, -0.2) is 0 Å². The van der Waals surface area contributed by atoms with E-state index in [0.717, 1.165) is 13.0 Å². The third-order valence-corrected chi connectivity index (χ3v) is 3.90. The number of aliphatic carboxylic acids is 1. The Labute approximate surface area is 143 Å². The minimum atomic E-state index is -0.832. The number of hydrogen-bond acceptors (Lipinski definition) is 3. The number of carboxylic acid groups (broad SMARTS) is 1. The first-order valence-electron chi connectivity index (χ1n) is 9.47. The fourth-order valence-electron chi connectivity index (χ4n) is 2.44. The molecule has 0 saturated carbocycles. The Morgan fingerprint density at radius 2 is 1.43 bits per heavy atom. The third-order valence-electron chi connectivity index (χ3n) is 3.90. The fraction of sp³-hybridized carbons (Fsp3) is 0.947. The third kappa shape index (κ3) is 16.0. The molecule has 0 fully saturated rings. The highest BCUT2D eigenvalue weighted by molar-refractivity contribution is 5.73. The van der Waals surface area contributed by atoms with Crippen LogP contribution in [0, 0.1) is 0 Å². The molecule has 2 N–H and O–H groups in total. The second-order valence-electron chi connectivity index (χ2n) is 7.45. The van der Waals surface area contributed by atoms with Crippen LogP contribution in [0.3, 0.4) is 0 Å². The number of hydrogen-bond donors (Lipinski definition) is 2. The Morgan fingerprint density at radius 3 is 1.87 bits per heavy atom. The van der Waals surface area contributed by atoms with Crippen LogP contribution in [0.1, 0.15) is 91.9 Å². The Bertz CT molecular complexity index is 287. The van der Waals surface area contributed by atoms with Gasteiger partial charge in [-0.1, -0.05) is 64.7 Å². The Kier molecular flexibility index (Phi) is 13.4. The number of carboxylic acids is 1. The normalized spacial score (nSPS) is 13.2. The van der Waals surface area contributed by atoms with Gasteiger partial charge < -0.3 is 15.2 Å². The molecule has 0 radical (unpaired) electrons. The van der Waals surface area contributed by atoms with Gasteiger partial charge in [-0.2, -0.15) is 0 Å². The van der Waals surface area contributed by atoms with Gasteiger partial charge in [0, 0.05) is 0 Å². The summed E-state index contributed by atoms with van der Waals surface area (Å²) in [5.41, 5.74) is -0.299. The van der Waals surface area contributed by atoms with Gasteiger partial charge in [0.1, 0.15) is 6.04 Å². The molecule has 0 bridgehead atoms. The lowest BCUT2D eigenvalue weighted by atomic mass is 10.1. The number of nitrogens with one attached hydrogen (secondary N) is 1. The molecule has 138 valence electrons. The smallest absolute Gasteiger partial charge is 0.323 e. The van der Waals surface area contributed by atoms with E-state index >= 15 is 0 Å². The summed E-state index contributed by atoms with van der Waals surface area (Å²) in [6.07, 6.45) is 12.9. The van der Waals surface area contributed by atoms with Gasteiger partial charge in [0.2, 0.25) is 0 Å². The molecule has 0 unspecified atom stereocenters. The van der Waals surface area contributed by atoms with Gasteiger partial charge in [0.05, 0.1) is 12.2 Å². The lowest BCUT2D eigenvalue weighted by Crippen LogP contribution is -2.42. The monoisotopic (exact) mass is 329 g/mol. The maximum atomic E-state index is 11.2. The van der Waals surface area contributed by atoms with Crippen LogP contribution in [-0.2, 0) is 9.53 Å². The van der Waals surface area contributed by atoms with Gasteiger partial charge in [0.15, 0.2) is 0 Å². The quantitative estimate of drug-likeness (QED) is 0.425. The zero-order valence-electron chi connectivity index (χ0n) is 15.8. The molecule has 0 amide bonds. The molecular formula is C19H39NO3. The van der Waals surface area contributed by atoms with Crippen LogP contribution in [-0.4, -0.2) is 35.9 Å². The van der Waals surface area contributed by atoms with Crippen molar-refractivity contribution in [1.82, 2.24) is 5.32 Å². The first kappa shape index (κ1) is 22.4. The standard InChI is InChI=1S/C19H39NO3/c1-5-6-7-8-9-10-11-12-13-14-15-20-17(18(21)22)16-23-19(2,3)4/h17,20H,5-16H2,1-4H3,(H,21,22)/t17-/m0/s1. The SMILES string of the molecule is CCCCCCCCCCCCN[C@@H](COC(C)(C)C)C(=O)O. The Morgan fingerprint density at radius 1 is 0.957 bits per heavy atom. The second-order valence-corrected chi connectivity index (χ2v) is 7.45. The van der Waals surface area contributed by atoms with Crippen molar-refractivity contribution in [1.29, 1.82) is 0 Å². The first-order chi connectivity index (χ1) is 10.9. The number of unbranched alkanes of at least 4 members (excludes halogenated alkanes) is 9. The zero-order valence-corrected chi connectivity index (χ0v) is 15.8. The van der Waals surface area contributed by atoms with E-state index in [0.29, 0.717) is 0 Å². The van der Waals surface area contributed by atoms with Crippen molar-refractivity contribution < 1.29 is 14.6 Å². The van der Waals surface area contributed by atoms with Crippen LogP contribution in [0.15, 0.2) is 0 Å². The van der Waals surface area contributed by atoms with E-state index < -0.39 is 12.0 Å². The zero-order chi connectivity index (χ0) is 17.6. The van der Waals surface area contributed by atoms with Crippen molar-refractivity contribution in [2.45, 2.75) is 104 Å². The molecule has 0 aliphatic rings. The molecule has 0 spiro atoms. The fourth-order valence-corrected chi connectivity index (χ4v) is 2.44. The molecule has 0 aromatic heterocycles. The highest BCUT2D eigenvalue weighted by atomic mass is 16.5. The number of ether oxygens (including phenoxy) is 1. The molecule has 0 aromatic rings. The van der Waals surface area contributed by atoms with Gasteiger partial charge in [-0.3, -0.25) is 4.79 Å². The molecule has 0 aliphatic carbocycles. The molecule has 23 heavy (non-hydrogen) atoms. The topological polar surface area (TPSA) is 58.6 Å². The maximum Gasteiger partial charge on any atom is 0.323 e. The van der Waals surface area contributed by atoms with E-state index in [9.17, 15) is 9.90 Å². The minimum absolute atomic E-state index is 0.219. The van der Waals surface area contributed by atoms with E-state index in [1.807, 2.05) is 20.8 Å². The molecule has 1 atom stereocenters. The summed E-state index contributed by atoms with van der Waals surface area (Å²) in [6.45, 7) is 9.03. The van der Waals surface area contributed by atoms with Crippen LogP contribution >= 0.6 is 0 Å². The van der Waals surface area contributed by atoms with Crippen molar-refractivity contribution >= 4 is 5.97 Å². The summed E-state index contributed by atoms with van der Waals surface area (Å²) in [4.78, 5) is 11.2. The Hall–Kier alpha value is -0.610. The lowest BCUT2D eigenvalue weighted by molar-refractivity contribution is -0.142. The summed E-state index contributed by atoms with van der Waals surface area (Å²) < 4.78 is 5.56. The van der Waals surface area contributed by atoms with Crippen LogP contribution in [0.2, 0.25) is 0 Å². The average Bonchev–Trinajstić information content (AvgIpc) is 2.46. The summed E-state index contributed by atoms with van der Waals surface area (Å²) >= 11 is 0. The largest absolute Gasteiger partial charge is 0.480 e. The molecule has 0 aliphatic heterocycles. The lowest BCUT2D eigenvalue weighted by Gasteiger charge is -2.23. The van der Waals surface area contributed by atoms with E-state index in [2.05, 4.69) is 12.2 Å². The maximum absolute atomic E-state index is 11.2. The summed E-state index contributed by atoms with van der Waals surface area (Å²) in [6, 6.07) is -0.604.